The molecule has 4 saturated carbocycles. The van der Waals surface area contributed by atoms with Crippen LogP contribution in [0.2, 0.25) is 0 Å². The topological polar surface area (TPSA) is 3.24 Å². The minimum atomic E-state index is -0.435. The van der Waals surface area contributed by atoms with Gasteiger partial charge in [-0.1, -0.05) is 164 Å². The van der Waals surface area contributed by atoms with Crippen LogP contribution < -0.4 is 4.90 Å². The largest absolute Gasteiger partial charge is 0.310 e. The van der Waals surface area contributed by atoms with Crippen LogP contribution in [0.1, 0.15) is 65.5 Å². The van der Waals surface area contributed by atoms with Crippen LogP contribution in [0.25, 0.3) is 33.4 Å². The maximum absolute atomic E-state index is 2.65. The molecule has 6 aliphatic rings. The zero-order chi connectivity index (χ0) is 39.4. The molecule has 14 rings (SSSR count). The van der Waals surface area contributed by atoms with Crippen molar-refractivity contribution in [3.63, 3.8) is 0 Å². The fourth-order valence-electron chi connectivity index (χ4n) is 13.7. The van der Waals surface area contributed by atoms with Gasteiger partial charge in [0.1, 0.15) is 0 Å². The lowest BCUT2D eigenvalue weighted by atomic mass is 9.38. The maximum Gasteiger partial charge on any atom is 0.0720 e. The van der Waals surface area contributed by atoms with E-state index in [1.807, 2.05) is 0 Å². The summed E-state index contributed by atoms with van der Waals surface area (Å²) in [6.45, 7) is 0. The summed E-state index contributed by atoms with van der Waals surface area (Å²) in [7, 11) is 0. The summed E-state index contributed by atoms with van der Waals surface area (Å²) in [6.07, 6.45) is 6.88. The van der Waals surface area contributed by atoms with Crippen molar-refractivity contribution in [3.05, 3.63) is 234 Å². The van der Waals surface area contributed by atoms with E-state index in [4.69, 9.17) is 0 Å². The van der Waals surface area contributed by atoms with Crippen molar-refractivity contribution >= 4 is 17.1 Å². The van der Waals surface area contributed by atoms with Crippen LogP contribution in [0.3, 0.4) is 0 Å². The highest BCUT2D eigenvalue weighted by Crippen LogP contribution is 2.71. The highest BCUT2D eigenvalue weighted by atomic mass is 15.1. The Morgan fingerprint density at radius 3 is 1.23 bits per heavy atom. The SMILES string of the molecule is c1ccc(-c2ccc(N(c3ccc(-c4ccccc4)cc3)c3ccc4c(c3)C3(c5ccccc5-c5ccccc53)c3ccccc3C43C4CC5CC(C4)CC3C5)cc2)cc1. The molecule has 0 unspecified atom stereocenters. The second kappa shape index (κ2) is 13.0. The summed E-state index contributed by atoms with van der Waals surface area (Å²) in [4.78, 5) is 2.51. The van der Waals surface area contributed by atoms with Gasteiger partial charge in [-0.05, 0) is 159 Å². The Hall–Kier alpha value is -6.44. The molecule has 4 fully saturated rings. The lowest BCUT2D eigenvalue weighted by molar-refractivity contribution is -0.0440. The first-order valence-corrected chi connectivity index (χ1v) is 22.3. The van der Waals surface area contributed by atoms with Crippen LogP contribution in [-0.2, 0) is 10.8 Å². The number of hydrogen-bond donors (Lipinski definition) is 0. The Morgan fingerprint density at radius 2 is 0.717 bits per heavy atom. The van der Waals surface area contributed by atoms with Gasteiger partial charge in [-0.25, -0.2) is 0 Å². The Bertz CT molecular complexity index is 2770. The monoisotopic (exact) mass is 769 g/mol. The van der Waals surface area contributed by atoms with Crippen molar-refractivity contribution in [2.75, 3.05) is 4.90 Å². The molecule has 288 valence electrons. The number of rotatable bonds is 5. The molecule has 0 radical (unpaired) electrons. The molecule has 8 aromatic rings. The first-order chi connectivity index (χ1) is 29.7. The Morgan fingerprint density at radius 1 is 0.317 bits per heavy atom. The molecule has 0 atom stereocenters. The van der Waals surface area contributed by atoms with Gasteiger partial charge in [-0.3, -0.25) is 0 Å². The zero-order valence-corrected chi connectivity index (χ0v) is 33.8. The number of fused-ring (bicyclic) bond motifs is 9. The average Bonchev–Trinajstić information content (AvgIpc) is 3.61. The minimum Gasteiger partial charge on any atom is -0.310 e. The van der Waals surface area contributed by atoms with Crippen molar-refractivity contribution in [2.45, 2.75) is 42.9 Å². The van der Waals surface area contributed by atoms with E-state index in [9.17, 15) is 0 Å². The fourth-order valence-corrected chi connectivity index (χ4v) is 13.7. The summed E-state index contributed by atoms with van der Waals surface area (Å²) in [6, 6.07) is 76.1. The molecular weight excluding hydrogens is 723 g/mol. The van der Waals surface area contributed by atoms with Crippen LogP contribution in [0.4, 0.5) is 17.1 Å². The van der Waals surface area contributed by atoms with Crippen molar-refractivity contribution in [1.82, 2.24) is 0 Å². The quantitative estimate of drug-likeness (QED) is 0.169. The first-order valence-electron chi connectivity index (χ1n) is 22.3. The van der Waals surface area contributed by atoms with Gasteiger partial charge in [-0.15, -0.1) is 0 Å². The molecule has 4 bridgehead atoms. The normalized spacial score (nSPS) is 23.2. The molecule has 0 N–H and O–H groups in total. The van der Waals surface area contributed by atoms with Crippen LogP contribution in [0.15, 0.2) is 200 Å². The third-order valence-corrected chi connectivity index (χ3v) is 15.7. The predicted molar refractivity (Wildman–Crippen MR) is 247 cm³/mol. The Balaban J connectivity index is 1.08. The van der Waals surface area contributed by atoms with Gasteiger partial charge in [0, 0.05) is 22.5 Å². The van der Waals surface area contributed by atoms with Gasteiger partial charge < -0.3 is 4.90 Å². The van der Waals surface area contributed by atoms with E-state index in [1.54, 1.807) is 11.1 Å². The molecule has 0 aromatic heterocycles. The van der Waals surface area contributed by atoms with Gasteiger partial charge in [-0.2, -0.15) is 0 Å². The summed E-state index contributed by atoms with van der Waals surface area (Å²) in [5, 5.41) is 0. The summed E-state index contributed by atoms with van der Waals surface area (Å²) in [5.74, 6) is 3.09. The van der Waals surface area contributed by atoms with Gasteiger partial charge >= 0.3 is 0 Å². The fraction of sp³-hybridized carbons (Fsp3) is 0.186. The third kappa shape index (κ3) is 4.69. The van der Waals surface area contributed by atoms with Crippen molar-refractivity contribution in [2.24, 2.45) is 23.7 Å². The van der Waals surface area contributed by atoms with Crippen LogP contribution >= 0.6 is 0 Å². The highest BCUT2D eigenvalue weighted by Gasteiger charge is 2.64. The van der Waals surface area contributed by atoms with Gasteiger partial charge in [0.05, 0.1) is 5.41 Å². The molecular formula is C59H47N. The minimum absolute atomic E-state index is 0.00903. The summed E-state index contributed by atoms with van der Waals surface area (Å²) < 4.78 is 0. The molecule has 60 heavy (non-hydrogen) atoms. The van der Waals surface area contributed by atoms with E-state index in [-0.39, 0.29) is 5.41 Å². The zero-order valence-electron chi connectivity index (χ0n) is 33.8. The van der Waals surface area contributed by atoms with Gasteiger partial charge in [0.15, 0.2) is 0 Å². The van der Waals surface area contributed by atoms with E-state index >= 15 is 0 Å². The molecule has 0 amide bonds. The second-order valence-electron chi connectivity index (χ2n) is 18.5. The van der Waals surface area contributed by atoms with Crippen LogP contribution in [0, 0.1) is 23.7 Å². The van der Waals surface area contributed by atoms with E-state index in [0.29, 0.717) is 11.8 Å². The molecule has 6 aliphatic carbocycles. The number of nitrogens with zero attached hydrogens (tertiary/aromatic N) is 1. The standard InChI is InChI=1S/C59H47N/c1-3-13-41(14-4-1)43-23-27-47(28-24-43)60(48-29-25-44(26-30-48)42-15-5-2-6-16-42)49-31-32-56-57(38-49)59(52-19-9-7-17-50(52)51-18-8-10-20-53(51)59)55-22-12-11-21-54(55)58(56)45-34-39-33-40(36-45)37-46(58)35-39/h1-32,38-40,45-46H,33-37H2. The highest BCUT2D eigenvalue weighted by molar-refractivity contribution is 5.90. The summed E-state index contributed by atoms with van der Waals surface area (Å²) >= 11 is 0. The maximum atomic E-state index is 2.65. The lowest BCUT2D eigenvalue weighted by Gasteiger charge is -2.65. The van der Waals surface area contributed by atoms with Crippen LogP contribution in [0.5, 0.6) is 0 Å². The molecule has 1 nitrogen and oxygen atoms in total. The first kappa shape index (κ1) is 34.4. The second-order valence-corrected chi connectivity index (χ2v) is 18.5. The van der Waals surface area contributed by atoms with Crippen molar-refractivity contribution < 1.29 is 0 Å². The Labute approximate surface area is 354 Å². The number of hydrogen-bond acceptors (Lipinski definition) is 1. The molecule has 0 heterocycles. The Kier molecular flexibility index (Phi) is 7.48. The van der Waals surface area contributed by atoms with Crippen molar-refractivity contribution in [1.29, 1.82) is 0 Å². The lowest BCUT2D eigenvalue weighted by Crippen LogP contribution is -2.59. The van der Waals surface area contributed by atoms with Crippen LogP contribution in [-0.4, -0.2) is 0 Å². The van der Waals surface area contributed by atoms with E-state index in [1.165, 1.54) is 93.4 Å². The smallest absolute Gasteiger partial charge is 0.0720 e. The summed E-state index contributed by atoms with van der Waals surface area (Å²) in [5.41, 5.74) is 19.8. The molecule has 8 aromatic carbocycles. The third-order valence-electron chi connectivity index (χ3n) is 15.7. The molecule has 1 heteroatoms. The molecule has 2 spiro atoms. The number of anilines is 3. The molecule has 0 saturated heterocycles. The van der Waals surface area contributed by atoms with E-state index in [0.717, 1.165) is 23.2 Å². The average molecular weight is 770 g/mol. The van der Waals surface area contributed by atoms with Gasteiger partial charge in [0.25, 0.3) is 0 Å². The predicted octanol–water partition coefficient (Wildman–Crippen LogP) is 14.9. The van der Waals surface area contributed by atoms with Crippen molar-refractivity contribution in [3.8, 4) is 33.4 Å². The van der Waals surface area contributed by atoms with Gasteiger partial charge in [0.2, 0.25) is 0 Å². The van der Waals surface area contributed by atoms with E-state index in [2.05, 4.69) is 205 Å². The molecule has 0 aliphatic heterocycles. The van der Waals surface area contributed by atoms with E-state index < -0.39 is 5.41 Å². The number of benzene rings is 8.